The van der Waals surface area contributed by atoms with Gasteiger partial charge >= 0.3 is 7.12 Å². The Labute approximate surface area is 157 Å². The number of pyridine rings is 1. The monoisotopic (exact) mass is 379 g/mol. The summed E-state index contributed by atoms with van der Waals surface area (Å²) in [5, 5.41) is 24.0. The Morgan fingerprint density at radius 3 is 2.33 bits per heavy atom. The lowest BCUT2D eigenvalue weighted by molar-refractivity contribution is -0.0982. The average molecular weight is 380 g/mol. The van der Waals surface area contributed by atoms with Gasteiger partial charge in [0.05, 0.1) is 11.2 Å². The van der Waals surface area contributed by atoms with Crippen molar-refractivity contribution in [2.24, 2.45) is 0 Å². The van der Waals surface area contributed by atoms with Gasteiger partial charge in [-0.15, -0.1) is 24.8 Å². The number of anilines is 1. The normalized spacial score (nSPS) is 15.3. The SMILES string of the molecule is CC(C)(O)C(C)(C)OB(O)c1cccnc1N1CCNCC1.Cl.Cl. The number of aliphatic hydroxyl groups is 1. The molecule has 6 nitrogen and oxygen atoms in total. The van der Waals surface area contributed by atoms with Gasteiger partial charge in [0.2, 0.25) is 0 Å². The zero-order chi connectivity index (χ0) is 16.4. The summed E-state index contributed by atoms with van der Waals surface area (Å²) in [4.78, 5) is 6.55. The quantitative estimate of drug-likeness (QED) is 0.650. The van der Waals surface area contributed by atoms with Crippen molar-refractivity contribution in [3.8, 4) is 0 Å². The van der Waals surface area contributed by atoms with Crippen molar-refractivity contribution in [2.75, 3.05) is 31.1 Å². The minimum atomic E-state index is -1.14. The molecule has 1 saturated heterocycles. The molecule has 2 heterocycles. The third-order valence-electron chi connectivity index (χ3n) is 4.38. The number of hydrogen-bond acceptors (Lipinski definition) is 6. The Morgan fingerprint density at radius 2 is 1.79 bits per heavy atom. The van der Waals surface area contributed by atoms with E-state index in [9.17, 15) is 10.1 Å². The Hall–Kier alpha value is -0.565. The zero-order valence-electron chi connectivity index (χ0n) is 14.7. The Kier molecular flexibility index (Phi) is 9.00. The van der Waals surface area contributed by atoms with Crippen LogP contribution in [0, 0.1) is 0 Å². The third-order valence-corrected chi connectivity index (χ3v) is 4.38. The van der Waals surface area contributed by atoms with Crippen molar-refractivity contribution in [1.29, 1.82) is 0 Å². The van der Waals surface area contributed by atoms with Crippen LogP contribution in [0.2, 0.25) is 0 Å². The highest BCUT2D eigenvalue weighted by atomic mass is 35.5. The van der Waals surface area contributed by atoms with E-state index in [0.29, 0.717) is 5.46 Å². The van der Waals surface area contributed by atoms with Crippen LogP contribution >= 0.6 is 24.8 Å². The van der Waals surface area contributed by atoms with E-state index in [1.165, 1.54) is 0 Å². The van der Waals surface area contributed by atoms with Crippen LogP contribution in [0.3, 0.4) is 0 Å². The molecule has 0 saturated carbocycles. The van der Waals surface area contributed by atoms with Crippen LogP contribution in [0.5, 0.6) is 0 Å². The molecule has 0 aromatic carbocycles. The van der Waals surface area contributed by atoms with Crippen LogP contribution < -0.4 is 15.7 Å². The molecule has 1 fully saturated rings. The minimum absolute atomic E-state index is 0. The second kappa shape index (κ2) is 9.22. The van der Waals surface area contributed by atoms with Gasteiger partial charge in [0.25, 0.3) is 0 Å². The van der Waals surface area contributed by atoms with Crippen molar-refractivity contribution in [1.82, 2.24) is 10.3 Å². The summed E-state index contributed by atoms with van der Waals surface area (Å²) in [5.41, 5.74) is -1.35. The summed E-state index contributed by atoms with van der Waals surface area (Å²) in [6.07, 6.45) is 1.72. The standard InChI is InChI=1S/C15H26BN3O3.2ClH/c1-14(2,20)15(3,4)22-16(21)12-6-5-7-18-13(12)19-10-8-17-9-11-19;;/h5-7,17,20-21H,8-11H2,1-4H3;2*1H. The molecule has 1 aromatic heterocycles. The highest BCUT2D eigenvalue weighted by Gasteiger charge is 2.40. The summed E-state index contributed by atoms with van der Waals surface area (Å²) in [6, 6.07) is 3.60. The zero-order valence-corrected chi connectivity index (χ0v) is 16.3. The topological polar surface area (TPSA) is 77.8 Å². The van der Waals surface area contributed by atoms with Gasteiger partial charge < -0.3 is 25.0 Å². The average Bonchev–Trinajstić information content (AvgIpc) is 2.46. The first kappa shape index (κ1) is 23.4. The van der Waals surface area contributed by atoms with E-state index >= 15 is 0 Å². The van der Waals surface area contributed by atoms with Crippen molar-refractivity contribution < 1.29 is 14.8 Å². The number of nitrogens with zero attached hydrogens (tertiary/aromatic N) is 2. The van der Waals surface area contributed by atoms with E-state index in [1.807, 2.05) is 6.07 Å². The van der Waals surface area contributed by atoms with Crippen LogP contribution in [0.15, 0.2) is 18.3 Å². The lowest BCUT2D eigenvalue weighted by Crippen LogP contribution is -2.54. The van der Waals surface area contributed by atoms with Gasteiger partial charge in [-0.3, -0.25) is 0 Å². The first-order valence-corrected chi connectivity index (χ1v) is 7.71. The van der Waals surface area contributed by atoms with Crippen molar-refractivity contribution in [2.45, 2.75) is 38.9 Å². The Balaban J connectivity index is 0.00000264. The number of aromatic nitrogens is 1. The number of nitrogens with one attached hydrogen (secondary N) is 1. The fraction of sp³-hybridized carbons (Fsp3) is 0.667. The molecule has 0 amide bonds. The predicted octanol–water partition coefficient (Wildman–Crippen LogP) is 0.588. The van der Waals surface area contributed by atoms with Gasteiger partial charge in [-0.25, -0.2) is 4.98 Å². The van der Waals surface area contributed by atoms with E-state index in [0.717, 1.165) is 32.0 Å². The maximum Gasteiger partial charge on any atom is 0.495 e. The molecule has 9 heteroatoms. The van der Waals surface area contributed by atoms with Crippen LogP contribution in [0.4, 0.5) is 5.82 Å². The van der Waals surface area contributed by atoms with E-state index < -0.39 is 18.3 Å². The van der Waals surface area contributed by atoms with Crippen molar-refractivity contribution in [3.63, 3.8) is 0 Å². The highest BCUT2D eigenvalue weighted by molar-refractivity contribution is 6.61. The molecular weight excluding hydrogens is 352 g/mol. The first-order valence-electron chi connectivity index (χ1n) is 7.71. The van der Waals surface area contributed by atoms with Crippen LogP contribution in [-0.2, 0) is 4.65 Å². The molecule has 0 spiro atoms. The first-order chi connectivity index (χ1) is 10.2. The predicted molar refractivity (Wildman–Crippen MR) is 103 cm³/mol. The fourth-order valence-corrected chi connectivity index (χ4v) is 2.23. The van der Waals surface area contributed by atoms with Crippen LogP contribution in [-0.4, -0.2) is 59.6 Å². The van der Waals surface area contributed by atoms with E-state index in [4.69, 9.17) is 4.65 Å². The number of piperazine rings is 1. The molecule has 1 aliphatic heterocycles. The molecule has 0 radical (unpaired) electrons. The van der Waals surface area contributed by atoms with Crippen LogP contribution in [0.25, 0.3) is 0 Å². The summed E-state index contributed by atoms with van der Waals surface area (Å²) < 4.78 is 5.74. The van der Waals surface area contributed by atoms with E-state index in [2.05, 4.69) is 15.2 Å². The van der Waals surface area contributed by atoms with Gasteiger partial charge in [-0.2, -0.15) is 0 Å². The summed E-state index contributed by atoms with van der Waals surface area (Å²) in [6.45, 7) is 10.3. The van der Waals surface area contributed by atoms with Gasteiger partial charge in [0, 0.05) is 37.8 Å². The molecule has 0 atom stereocenters. The molecule has 3 N–H and O–H groups in total. The summed E-state index contributed by atoms with van der Waals surface area (Å²) in [7, 11) is -1.14. The van der Waals surface area contributed by atoms with Crippen molar-refractivity contribution in [3.05, 3.63) is 18.3 Å². The molecule has 1 aromatic rings. The Bertz CT molecular complexity index is 509. The molecular formula is C15H28BCl2N3O3. The second-order valence-corrected chi connectivity index (χ2v) is 6.69. The van der Waals surface area contributed by atoms with Crippen LogP contribution in [0.1, 0.15) is 27.7 Å². The minimum Gasteiger partial charge on any atom is -0.423 e. The molecule has 2 rings (SSSR count). The number of rotatable bonds is 5. The summed E-state index contributed by atoms with van der Waals surface area (Å²) >= 11 is 0. The summed E-state index contributed by atoms with van der Waals surface area (Å²) in [5.74, 6) is 0.739. The largest absolute Gasteiger partial charge is 0.495 e. The molecule has 0 aliphatic carbocycles. The lowest BCUT2D eigenvalue weighted by atomic mass is 9.76. The van der Waals surface area contributed by atoms with Gasteiger partial charge in [0.15, 0.2) is 0 Å². The smallest absolute Gasteiger partial charge is 0.423 e. The lowest BCUT2D eigenvalue weighted by Gasteiger charge is -2.39. The maximum absolute atomic E-state index is 10.5. The van der Waals surface area contributed by atoms with E-state index in [1.54, 1.807) is 40.0 Å². The third kappa shape index (κ3) is 5.47. The second-order valence-electron chi connectivity index (χ2n) is 6.69. The number of halogens is 2. The van der Waals surface area contributed by atoms with Gasteiger partial charge in [0.1, 0.15) is 5.82 Å². The highest BCUT2D eigenvalue weighted by Crippen LogP contribution is 2.25. The Morgan fingerprint density at radius 1 is 1.21 bits per heavy atom. The fourth-order valence-electron chi connectivity index (χ4n) is 2.23. The van der Waals surface area contributed by atoms with Gasteiger partial charge in [-0.1, -0.05) is 6.07 Å². The van der Waals surface area contributed by atoms with E-state index in [-0.39, 0.29) is 24.8 Å². The van der Waals surface area contributed by atoms with Gasteiger partial charge in [-0.05, 0) is 33.8 Å². The molecule has 0 unspecified atom stereocenters. The molecule has 1 aliphatic rings. The molecule has 138 valence electrons. The maximum atomic E-state index is 10.5. The van der Waals surface area contributed by atoms with Crippen molar-refractivity contribution >= 4 is 43.2 Å². The molecule has 24 heavy (non-hydrogen) atoms. The molecule has 0 bridgehead atoms. The number of hydrogen-bond donors (Lipinski definition) is 3.